The quantitative estimate of drug-likeness (QED) is 0.427. The van der Waals surface area contributed by atoms with Crippen molar-refractivity contribution in [3.8, 4) is 11.3 Å². The molecule has 0 amide bonds. The monoisotopic (exact) mass is 495 g/mol. The molecular formula is C25H23F2N5O2S. The second-order valence-electron chi connectivity index (χ2n) is 8.44. The Morgan fingerprint density at radius 1 is 0.943 bits per heavy atom. The van der Waals surface area contributed by atoms with Gasteiger partial charge in [0.15, 0.2) is 5.82 Å². The van der Waals surface area contributed by atoms with Crippen molar-refractivity contribution in [2.45, 2.75) is 30.2 Å². The van der Waals surface area contributed by atoms with E-state index in [-0.39, 0.29) is 37.4 Å². The normalized spacial score (nSPS) is 15.9. The highest BCUT2D eigenvalue weighted by Crippen LogP contribution is 2.32. The molecule has 1 fully saturated rings. The van der Waals surface area contributed by atoms with Gasteiger partial charge in [0.2, 0.25) is 10.0 Å². The fourth-order valence-electron chi connectivity index (χ4n) is 4.05. The summed E-state index contributed by atoms with van der Waals surface area (Å²) >= 11 is 0. The Balaban J connectivity index is 1.44. The molecule has 3 heterocycles. The van der Waals surface area contributed by atoms with Crippen molar-refractivity contribution in [1.29, 1.82) is 0 Å². The van der Waals surface area contributed by atoms with Crippen molar-refractivity contribution in [3.63, 3.8) is 0 Å². The molecule has 0 atom stereocenters. The van der Waals surface area contributed by atoms with Crippen LogP contribution in [-0.2, 0) is 16.6 Å². The number of rotatable bonds is 6. The van der Waals surface area contributed by atoms with E-state index in [1.807, 2.05) is 30.3 Å². The van der Waals surface area contributed by atoms with E-state index >= 15 is 0 Å². The van der Waals surface area contributed by atoms with E-state index in [2.05, 4.69) is 14.7 Å². The predicted octanol–water partition coefficient (Wildman–Crippen LogP) is 4.41. The van der Waals surface area contributed by atoms with Crippen molar-refractivity contribution < 1.29 is 17.2 Å². The minimum atomic E-state index is -3.75. The van der Waals surface area contributed by atoms with Crippen LogP contribution in [0.25, 0.3) is 22.3 Å². The van der Waals surface area contributed by atoms with Crippen LogP contribution in [0.5, 0.6) is 0 Å². The van der Waals surface area contributed by atoms with Gasteiger partial charge >= 0.3 is 0 Å². The number of anilines is 1. The summed E-state index contributed by atoms with van der Waals surface area (Å²) in [5, 5.41) is 0. The van der Waals surface area contributed by atoms with E-state index < -0.39 is 15.9 Å². The van der Waals surface area contributed by atoms with Gasteiger partial charge in [-0.25, -0.2) is 36.9 Å². The Morgan fingerprint density at radius 3 is 2.49 bits per heavy atom. The Kier molecular flexibility index (Phi) is 6.16. The summed E-state index contributed by atoms with van der Waals surface area (Å²) < 4.78 is 55.7. The van der Waals surface area contributed by atoms with Crippen LogP contribution in [0.4, 0.5) is 14.6 Å². The molecule has 180 valence electrons. The standard InChI is InChI=1S/C25H23F2N5O2S/c26-25(27)11-13-32(14-12-25)24-23-22(28-17-29-24)10-9-21(31-23)19-7-4-8-20(15-19)35(33,34)30-16-18-5-2-1-3-6-18/h1-10,15,17,30H,11-14,16H2. The SMILES string of the molecule is O=S(=O)(NCc1ccccc1)c1cccc(-c2ccc3ncnc(N4CCC(F)(F)CC4)c3n2)c1. The Morgan fingerprint density at radius 2 is 1.71 bits per heavy atom. The second kappa shape index (κ2) is 9.27. The van der Waals surface area contributed by atoms with Crippen LogP contribution in [0.2, 0.25) is 0 Å². The fraction of sp³-hybridized carbons (Fsp3) is 0.240. The lowest BCUT2D eigenvalue weighted by atomic mass is 10.1. The lowest BCUT2D eigenvalue weighted by molar-refractivity contribution is -0.0221. The van der Waals surface area contributed by atoms with Gasteiger partial charge < -0.3 is 4.90 Å². The molecule has 0 unspecified atom stereocenters. The zero-order valence-electron chi connectivity index (χ0n) is 18.7. The third-order valence-electron chi connectivity index (χ3n) is 6.01. The van der Waals surface area contributed by atoms with Gasteiger partial charge in [0.05, 0.1) is 16.1 Å². The van der Waals surface area contributed by atoms with Crippen LogP contribution in [0.1, 0.15) is 18.4 Å². The molecule has 2 aromatic heterocycles. The molecule has 1 N–H and O–H groups in total. The molecule has 0 saturated carbocycles. The number of pyridine rings is 1. The number of hydrogen-bond donors (Lipinski definition) is 1. The van der Waals surface area contributed by atoms with Crippen LogP contribution in [0, 0.1) is 0 Å². The first-order chi connectivity index (χ1) is 16.8. The van der Waals surface area contributed by atoms with Gasteiger partial charge in [0.1, 0.15) is 11.8 Å². The Labute approximate surface area is 201 Å². The van der Waals surface area contributed by atoms with Crippen LogP contribution in [0.3, 0.4) is 0 Å². The lowest BCUT2D eigenvalue weighted by Crippen LogP contribution is -2.39. The summed E-state index contributed by atoms with van der Waals surface area (Å²) in [5.74, 6) is -2.17. The van der Waals surface area contributed by atoms with Crippen molar-refractivity contribution in [3.05, 3.63) is 78.6 Å². The van der Waals surface area contributed by atoms with Crippen LogP contribution in [-0.4, -0.2) is 42.4 Å². The van der Waals surface area contributed by atoms with Crippen LogP contribution in [0.15, 0.2) is 78.0 Å². The van der Waals surface area contributed by atoms with Gasteiger partial charge in [-0.3, -0.25) is 0 Å². The van der Waals surface area contributed by atoms with Crippen molar-refractivity contribution >= 4 is 26.9 Å². The maximum Gasteiger partial charge on any atom is 0.251 e. The smallest absolute Gasteiger partial charge is 0.251 e. The molecule has 1 saturated heterocycles. The molecule has 4 aromatic rings. The third-order valence-corrected chi connectivity index (χ3v) is 7.41. The number of nitrogens with one attached hydrogen (secondary N) is 1. The number of piperidine rings is 1. The summed E-state index contributed by atoms with van der Waals surface area (Å²) in [5.41, 5.74) is 3.08. The van der Waals surface area contributed by atoms with Gasteiger partial charge in [0.25, 0.3) is 5.92 Å². The molecule has 10 heteroatoms. The van der Waals surface area contributed by atoms with Crippen LogP contribution >= 0.6 is 0 Å². The first-order valence-corrected chi connectivity index (χ1v) is 12.7. The number of nitrogens with zero attached hydrogens (tertiary/aromatic N) is 4. The highest BCUT2D eigenvalue weighted by atomic mass is 32.2. The molecule has 1 aliphatic heterocycles. The van der Waals surface area contributed by atoms with Gasteiger partial charge in [-0.15, -0.1) is 0 Å². The molecular weight excluding hydrogens is 472 g/mol. The summed E-state index contributed by atoms with van der Waals surface area (Å²) in [6, 6.07) is 19.3. The van der Waals surface area contributed by atoms with Gasteiger partial charge in [-0.05, 0) is 29.8 Å². The minimum Gasteiger partial charge on any atom is -0.354 e. The number of fused-ring (bicyclic) bond motifs is 1. The molecule has 0 bridgehead atoms. The first-order valence-electron chi connectivity index (χ1n) is 11.2. The van der Waals surface area contributed by atoms with E-state index in [4.69, 9.17) is 4.98 Å². The fourth-order valence-corrected chi connectivity index (χ4v) is 5.11. The zero-order valence-corrected chi connectivity index (χ0v) is 19.5. The molecule has 0 aliphatic carbocycles. The number of benzene rings is 2. The summed E-state index contributed by atoms with van der Waals surface area (Å²) in [6.07, 6.45) is 0.916. The van der Waals surface area contributed by atoms with Gasteiger partial charge in [-0.2, -0.15) is 0 Å². The maximum absolute atomic E-state index is 13.6. The van der Waals surface area contributed by atoms with E-state index in [0.29, 0.717) is 28.1 Å². The summed E-state index contributed by atoms with van der Waals surface area (Å²) in [4.78, 5) is 15.2. The number of hydrogen-bond acceptors (Lipinski definition) is 6. The van der Waals surface area contributed by atoms with E-state index in [0.717, 1.165) is 5.56 Å². The Hall–Kier alpha value is -3.50. The predicted molar refractivity (Wildman–Crippen MR) is 130 cm³/mol. The van der Waals surface area contributed by atoms with Gasteiger partial charge in [0, 0.05) is 38.0 Å². The Bertz CT molecular complexity index is 1460. The molecule has 35 heavy (non-hydrogen) atoms. The van der Waals surface area contributed by atoms with Crippen molar-refractivity contribution in [2.75, 3.05) is 18.0 Å². The van der Waals surface area contributed by atoms with Crippen molar-refractivity contribution in [2.24, 2.45) is 0 Å². The van der Waals surface area contributed by atoms with Gasteiger partial charge in [-0.1, -0.05) is 42.5 Å². The second-order valence-corrected chi connectivity index (χ2v) is 10.2. The number of alkyl halides is 2. The highest BCUT2D eigenvalue weighted by Gasteiger charge is 2.35. The lowest BCUT2D eigenvalue weighted by Gasteiger charge is -2.32. The number of aromatic nitrogens is 3. The largest absolute Gasteiger partial charge is 0.354 e. The summed E-state index contributed by atoms with van der Waals surface area (Å²) in [6.45, 7) is 0.523. The highest BCUT2D eigenvalue weighted by molar-refractivity contribution is 7.89. The average molecular weight is 496 g/mol. The first kappa shape index (κ1) is 23.3. The minimum absolute atomic E-state index is 0.121. The zero-order chi connectivity index (χ0) is 24.5. The molecule has 1 aliphatic rings. The molecule has 5 rings (SSSR count). The average Bonchev–Trinajstić information content (AvgIpc) is 2.88. The third kappa shape index (κ3) is 5.13. The topological polar surface area (TPSA) is 88.1 Å². The molecule has 2 aromatic carbocycles. The number of halogens is 2. The van der Waals surface area contributed by atoms with Crippen LogP contribution < -0.4 is 9.62 Å². The maximum atomic E-state index is 13.6. The van der Waals surface area contributed by atoms with E-state index in [1.165, 1.54) is 12.4 Å². The molecule has 7 nitrogen and oxygen atoms in total. The van der Waals surface area contributed by atoms with E-state index in [1.54, 1.807) is 35.2 Å². The number of sulfonamides is 1. The molecule has 0 spiro atoms. The van der Waals surface area contributed by atoms with Crippen molar-refractivity contribution in [1.82, 2.24) is 19.7 Å². The molecule has 0 radical (unpaired) electrons. The van der Waals surface area contributed by atoms with E-state index in [9.17, 15) is 17.2 Å². The summed E-state index contributed by atoms with van der Waals surface area (Å²) in [7, 11) is -3.75.